The van der Waals surface area contributed by atoms with Crippen molar-refractivity contribution >= 4 is 29.8 Å². The first-order chi connectivity index (χ1) is 28.3. The van der Waals surface area contributed by atoms with E-state index in [1.807, 2.05) is 115 Å². The number of benzene rings is 5. The molecule has 12 nitrogen and oxygen atoms in total. The van der Waals surface area contributed by atoms with Gasteiger partial charge in [0.15, 0.2) is 24.4 Å². The van der Waals surface area contributed by atoms with Crippen molar-refractivity contribution in [2.24, 2.45) is 0 Å². The average molecular weight is 803 g/mol. The van der Waals surface area contributed by atoms with Crippen molar-refractivity contribution in [3.63, 3.8) is 0 Å². The van der Waals surface area contributed by atoms with Gasteiger partial charge < -0.3 is 33.2 Å². The summed E-state index contributed by atoms with van der Waals surface area (Å²) in [5.74, 6) is -2.74. The summed E-state index contributed by atoms with van der Waals surface area (Å²) in [6.07, 6.45) is -6.41. The second-order valence-corrected chi connectivity index (χ2v) is 13.5. The number of methoxy groups -OCH3 is 2. The topological polar surface area (TPSA) is 150 Å². The van der Waals surface area contributed by atoms with E-state index in [0.717, 1.165) is 49.9 Å². The molecule has 0 saturated carbocycles. The SMILES string of the molecule is COc1ccc(-c2c(-c3ccccc3)cc([C@@H](OC(C)=O)[C@@H](OC(C)=O)[C@H](OC(C)=O)[C@@H](COC(C)=O)OC(C)=O)c(-c3ccccc3)c2-c2ccc(OC)cc2)cc1. The first-order valence-electron chi connectivity index (χ1n) is 18.7. The lowest BCUT2D eigenvalue weighted by molar-refractivity contribution is -0.203. The molecule has 5 aromatic rings. The third kappa shape index (κ3) is 10.9. The molecule has 0 amide bonds. The summed E-state index contributed by atoms with van der Waals surface area (Å²) in [5.41, 5.74) is 6.10. The molecule has 5 aromatic carbocycles. The van der Waals surface area contributed by atoms with Crippen molar-refractivity contribution in [3.05, 3.63) is 121 Å². The molecule has 12 heteroatoms. The van der Waals surface area contributed by atoms with E-state index >= 15 is 0 Å². The van der Waals surface area contributed by atoms with Gasteiger partial charge in [0, 0.05) is 40.2 Å². The number of esters is 5. The zero-order chi connectivity index (χ0) is 42.6. The quantitative estimate of drug-likeness (QED) is 0.0697. The summed E-state index contributed by atoms with van der Waals surface area (Å²) < 4.78 is 39.9. The highest BCUT2D eigenvalue weighted by Crippen LogP contribution is 2.51. The van der Waals surface area contributed by atoms with Gasteiger partial charge in [-0.05, 0) is 74.8 Å². The van der Waals surface area contributed by atoms with E-state index in [-0.39, 0.29) is 0 Å². The van der Waals surface area contributed by atoms with E-state index in [1.54, 1.807) is 14.2 Å². The summed E-state index contributed by atoms with van der Waals surface area (Å²) in [6, 6.07) is 35.9. The van der Waals surface area contributed by atoms with Crippen molar-refractivity contribution in [2.45, 2.75) is 59.0 Å². The third-order valence-electron chi connectivity index (χ3n) is 9.22. The fourth-order valence-corrected chi connectivity index (χ4v) is 6.93. The van der Waals surface area contributed by atoms with E-state index in [9.17, 15) is 24.0 Å². The van der Waals surface area contributed by atoms with Gasteiger partial charge in [0.2, 0.25) is 0 Å². The van der Waals surface area contributed by atoms with Gasteiger partial charge >= 0.3 is 29.8 Å². The second-order valence-electron chi connectivity index (χ2n) is 13.5. The molecular formula is C47H46O12. The van der Waals surface area contributed by atoms with Crippen LogP contribution in [-0.2, 0) is 47.7 Å². The fraction of sp³-hybridized carbons (Fsp3) is 0.255. The second kappa shape index (κ2) is 20.0. The van der Waals surface area contributed by atoms with Gasteiger partial charge in [0.1, 0.15) is 18.1 Å². The van der Waals surface area contributed by atoms with Crippen LogP contribution in [0.5, 0.6) is 11.5 Å². The van der Waals surface area contributed by atoms with Crippen LogP contribution >= 0.6 is 0 Å². The van der Waals surface area contributed by atoms with Crippen molar-refractivity contribution in [1.29, 1.82) is 0 Å². The van der Waals surface area contributed by atoms with E-state index in [2.05, 4.69) is 0 Å². The molecular weight excluding hydrogens is 757 g/mol. The molecule has 0 aliphatic rings. The predicted octanol–water partition coefficient (Wildman–Crippen LogP) is 8.33. The molecule has 0 bridgehead atoms. The minimum absolute atomic E-state index is 0.339. The maximum atomic E-state index is 13.4. The van der Waals surface area contributed by atoms with E-state index in [4.69, 9.17) is 33.2 Å². The first-order valence-corrected chi connectivity index (χ1v) is 18.7. The van der Waals surface area contributed by atoms with Crippen molar-refractivity contribution in [2.75, 3.05) is 20.8 Å². The van der Waals surface area contributed by atoms with Crippen molar-refractivity contribution < 1.29 is 57.1 Å². The molecule has 0 saturated heterocycles. The largest absolute Gasteiger partial charge is 0.497 e. The molecule has 0 radical (unpaired) electrons. The van der Waals surface area contributed by atoms with Crippen LogP contribution in [0.2, 0.25) is 0 Å². The minimum atomic E-state index is -1.68. The van der Waals surface area contributed by atoms with Crippen LogP contribution in [-0.4, -0.2) is 69.0 Å². The lowest BCUT2D eigenvalue weighted by Crippen LogP contribution is -2.50. The molecule has 5 rings (SSSR count). The van der Waals surface area contributed by atoms with Crippen LogP contribution in [0, 0.1) is 0 Å². The molecule has 4 atom stereocenters. The molecule has 0 spiro atoms. The summed E-state index contributed by atoms with van der Waals surface area (Å²) >= 11 is 0. The average Bonchev–Trinajstić information content (AvgIpc) is 3.22. The number of rotatable bonds is 16. The van der Waals surface area contributed by atoms with Crippen molar-refractivity contribution in [3.8, 4) is 56.0 Å². The van der Waals surface area contributed by atoms with E-state index in [1.165, 1.54) is 6.92 Å². The highest BCUT2D eigenvalue weighted by atomic mass is 16.6. The highest BCUT2D eigenvalue weighted by molar-refractivity contribution is 6.03. The zero-order valence-electron chi connectivity index (χ0n) is 33.9. The Kier molecular flexibility index (Phi) is 14.6. The lowest BCUT2D eigenvalue weighted by Gasteiger charge is -2.37. The molecule has 306 valence electrons. The normalized spacial score (nSPS) is 12.8. The van der Waals surface area contributed by atoms with Gasteiger partial charge in [-0.15, -0.1) is 0 Å². The maximum Gasteiger partial charge on any atom is 0.303 e. The van der Waals surface area contributed by atoms with Gasteiger partial charge in [0.05, 0.1) is 14.2 Å². The lowest BCUT2D eigenvalue weighted by atomic mass is 9.78. The Labute approximate surface area is 342 Å². The smallest absolute Gasteiger partial charge is 0.303 e. The molecule has 59 heavy (non-hydrogen) atoms. The Morgan fingerprint density at radius 1 is 0.458 bits per heavy atom. The molecule has 0 unspecified atom stereocenters. The Morgan fingerprint density at radius 3 is 1.36 bits per heavy atom. The van der Waals surface area contributed by atoms with Gasteiger partial charge in [0.25, 0.3) is 0 Å². The standard InChI is InChI=1S/C47H46O12/c1-28(48)55-27-41(56-29(2)49)46(58-31(4)51)47(59-32(5)52)45(57-30(3)50)40-26-39(33-14-10-8-11-15-33)42(35-18-22-37(53-6)23-19-35)44(36-20-24-38(54-7)25-21-36)43(40)34-16-12-9-13-17-34/h8-26,41,45-47H,27H2,1-7H3/t41-,45-,46-,47-/m1/s1. The maximum absolute atomic E-state index is 13.4. The van der Waals surface area contributed by atoms with Crippen LogP contribution in [0.25, 0.3) is 44.5 Å². The Hall–Kier alpha value is -6.95. The molecule has 0 heterocycles. The van der Waals surface area contributed by atoms with Crippen molar-refractivity contribution in [1.82, 2.24) is 0 Å². The van der Waals surface area contributed by atoms with Gasteiger partial charge in [-0.3, -0.25) is 24.0 Å². The summed E-state index contributed by atoms with van der Waals surface area (Å²) in [7, 11) is 3.16. The molecule has 0 aliphatic carbocycles. The summed E-state index contributed by atoms with van der Waals surface area (Å²) in [6.45, 7) is 5.12. The minimum Gasteiger partial charge on any atom is -0.497 e. The molecule has 0 aromatic heterocycles. The van der Waals surface area contributed by atoms with E-state index < -0.39 is 60.9 Å². The summed E-state index contributed by atoms with van der Waals surface area (Å²) in [4.78, 5) is 64.0. The molecule has 0 aliphatic heterocycles. The Balaban J connectivity index is 2.01. The van der Waals surface area contributed by atoms with Gasteiger partial charge in [-0.2, -0.15) is 0 Å². The number of hydrogen-bond donors (Lipinski definition) is 0. The molecule has 0 fully saturated rings. The zero-order valence-corrected chi connectivity index (χ0v) is 33.9. The van der Waals surface area contributed by atoms with Crippen LogP contribution in [0.15, 0.2) is 115 Å². The van der Waals surface area contributed by atoms with Crippen LogP contribution in [0.4, 0.5) is 0 Å². The monoisotopic (exact) mass is 802 g/mol. The Bertz CT molecular complexity index is 2250. The van der Waals surface area contributed by atoms with Gasteiger partial charge in [-0.1, -0.05) is 84.9 Å². The number of carbonyl (C=O) groups excluding carboxylic acids is 5. The molecule has 0 N–H and O–H groups in total. The fourth-order valence-electron chi connectivity index (χ4n) is 6.93. The summed E-state index contributed by atoms with van der Waals surface area (Å²) in [5, 5.41) is 0. The number of ether oxygens (including phenoxy) is 7. The predicted molar refractivity (Wildman–Crippen MR) is 219 cm³/mol. The highest BCUT2D eigenvalue weighted by Gasteiger charge is 2.46. The number of hydrogen-bond acceptors (Lipinski definition) is 12. The van der Waals surface area contributed by atoms with Gasteiger partial charge in [-0.25, -0.2) is 0 Å². The van der Waals surface area contributed by atoms with Crippen LogP contribution in [0.1, 0.15) is 46.3 Å². The Morgan fingerprint density at radius 2 is 0.898 bits per heavy atom. The third-order valence-corrected chi connectivity index (χ3v) is 9.22. The first kappa shape index (κ1) is 43.2. The number of carbonyl (C=O) groups is 5. The van der Waals surface area contributed by atoms with Crippen LogP contribution < -0.4 is 9.47 Å². The van der Waals surface area contributed by atoms with E-state index in [0.29, 0.717) is 39.3 Å². The van der Waals surface area contributed by atoms with Crippen LogP contribution in [0.3, 0.4) is 0 Å².